The molecule has 102 valence electrons. The topological polar surface area (TPSA) is 64.3 Å². The van der Waals surface area contributed by atoms with Gasteiger partial charge in [0.1, 0.15) is 12.1 Å². The third kappa shape index (κ3) is 4.65. The molecule has 1 rings (SSSR count). The smallest absolute Gasteiger partial charge is 0.408 e. The number of nitrogens with one attached hydrogen (secondary N) is 1. The van der Waals surface area contributed by atoms with Crippen LogP contribution in [0.15, 0.2) is 24.3 Å². The van der Waals surface area contributed by atoms with Crippen LogP contribution in [0.1, 0.15) is 31.1 Å². The van der Waals surface area contributed by atoms with E-state index < -0.39 is 12.1 Å². The summed E-state index contributed by atoms with van der Waals surface area (Å²) in [5.41, 5.74) is 7.58. The van der Waals surface area contributed by atoms with Gasteiger partial charge in [-0.25, -0.2) is 4.79 Å². The third-order valence-corrected chi connectivity index (χ3v) is 2.87. The predicted molar refractivity (Wildman–Crippen MR) is 75.5 cm³/mol. The van der Waals surface area contributed by atoms with Crippen molar-refractivity contribution in [2.24, 2.45) is 5.73 Å². The fourth-order valence-electron chi connectivity index (χ4n) is 1.60. The summed E-state index contributed by atoms with van der Waals surface area (Å²) in [6, 6.07) is 7.47. The molecule has 0 aromatic heterocycles. The van der Waals surface area contributed by atoms with Gasteiger partial charge in [0, 0.05) is 6.54 Å². The summed E-state index contributed by atoms with van der Waals surface area (Å²) in [5.74, 6) is 2.37. The molecule has 1 aromatic carbocycles. The monoisotopic (exact) mass is 260 g/mol. The Balaban J connectivity index is 2.56. The van der Waals surface area contributed by atoms with Gasteiger partial charge in [0.15, 0.2) is 0 Å². The van der Waals surface area contributed by atoms with E-state index >= 15 is 0 Å². The summed E-state index contributed by atoms with van der Waals surface area (Å²) in [6.07, 6.45) is 5.30. The van der Waals surface area contributed by atoms with Crippen molar-refractivity contribution in [2.75, 3.05) is 6.54 Å². The maximum Gasteiger partial charge on any atom is 0.408 e. The molecule has 1 aromatic rings. The molecular weight excluding hydrogens is 240 g/mol. The minimum Gasteiger partial charge on any atom is -0.442 e. The van der Waals surface area contributed by atoms with Gasteiger partial charge >= 0.3 is 6.09 Å². The molecule has 3 N–H and O–H groups in total. The van der Waals surface area contributed by atoms with Crippen LogP contribution in [0.4, 0.5) is 4.79 Å². The number of terminal acetylenes is 1. The number of carbonyl (C=O) groups excluding carboxylic acids is 1. The summed E-state index contributed by atoms with van der Waals surface area (Å²) < 4.78 is 5.24. The fourth-order valence-corrected chi connectivity index (χ4v) is 1.60. The van der Waals surface area contributed by atoms with E-state index in [1.807, 2.05) is 31.2 Å². The van der Waals surface area contributed by atoms with E-state index in [2.05, 4.69) is 18.2 Å². The van der Waals surface area contributed by atoms with Gasteiger partial charge in [0.05, 0.1) is 0 Å². The Labute approximate surface area is 114 Å². The molecule has 0 aliphatic heterocycles. The van der Waals surface area contributed by atoms with E-state index in [0.717, 1.165) is 12.0 Å². The van der Waals surface area contributed by atoms with Crippen molar-refractivity contribution < 1.29 is 9.53 Å². The van der Waals surface area contributed by atoms with Crippen molar-refractivity contribution in [3.05, 3.63) is 35.4 Å². The minimum atomic E-state index is -0.555. The molecular formula is C15H20N2O2. The second kappa shape index (κ2) is 7.45. The molecule has 0 fully saturated rings. The highest BCUT2D eigenvalue weighted by atomic mass is 16.6. The zero-order valence-electron chi connectivity index (χ0n) is 11.3. The minimum absolute atomic E-state index is 0.186. The van der Waals surface area contributed by atoms with Crippen molar-refractivity contribution in [2.45, 2.75) is 32.4 Å². The van der Waals surface area contributed by atoms with Gasteiger partial charge in [-0.2, -0.15) is 0 Å². The second-order valence-electron chi connectivity index (χ2n) is 4.24. The second-order valence-corrected chi connectivity index (χ2v) is 4.24. The first-order valence-electron chi connectivity index (χ1n) is 6.32. The Bertz CT molecular complexity index is 448. The SMILES string of the molecule is C#C[C@@H](CN)NC(=O)O[C@H](C)c1ccc(CC)cc1. The molecule has 0 aliphatic rings. The Morgan fingerprint density at radius 3 is 2.58 bits per heavy atom. The molecule has 1 amide bonds. The molecule has 0 aliphatic carbocycles. The first kappa shape index (κ1) is 15.1. The number of ether oxygens (including phenoxy) is 1. The van der Waals surface area contributed by atoms with Gasteiger partial charge < -0.3 is 15.8 Å². The van der Waals surface area contributed by atoms with Crippen molar-refractivity contribution in [1.82, 2.24) is 5.32 Å². The summed E-state index contributed by atoms with van der Waals surface area (Å²) >= 11 is 0. The van der Waals surface area contributed by atoms with Gasteiger partial charge in [-0.05, 0) is 24.5 Å². The summed E-state index contributed by atoms with van der Waals surface area (Å²) in [6.45, 7) is 4.09. The molecule has 4 heteroatoms. The Kier molecular flexibility index (Phi) is 5.91. The van der Waals surface area contributed by atoms with Gasteiger partial charge in [0.2, 0.25) is 0 Å². The van der Waals surface area contributed by atoms with Crippen LogP contribution in [-0.4, -0.2) is 18.7 Å². The fraction of sp³-hybridized carbons (Fsp3) is 0.400. The van der Waals surface area contributed by atoms with Crippen LogP contribution >= 0.6 is 0 Å². The number of aryl methyl sites for hydroxylation is 1. The van der Waals surface area contributed by atoms with E-state index in [9.17, 15) is 4.79 Å². The number of nitrogens with two attached hydrogens (primary N) is 1. The quantitative estimate of drug-likeness (QED) is 0.796. The standard InChI is InChI=1S/C15H20N2O2/c1-4-12-6-8-13(9-7-12)11(3)19-15(18)17-14(5-2)10-16/h2,6-9,11,14H,4,10,16H2,1,3H3,(H,17,18)/t11-,14+/m1/s1. The lowest BCUT2D eigenvalue weighted by molar-refractivity contribution is 0.106. The Morgan fingerprint density at radius 1 is 1.47 bits per heavy atom. The van der Waals surface area contributed by atoms with Crippen LogP contribution in [0.2, 0.25) is 0 Å². The van der Waals surface area contributed by atoms with Crippen molar-refractivity contribution >= 4 is 6.09 Å². The molecule has 19 heavy (non-hydrogen) atoms. The third-order valence-electron chi connectivity index (χ3n) is 2.87. The Hall–Kier alpha value is -1.99. The van der Waals surface area contributed by atoms with Crippen molar-refractivity contribution in [3.63, 3.8) is 0 Å². The number of carbonyl (C=O) groups is 1. The molecule has 4 nitrogen and oxygen atoms in total. The van der Waals surface area contributed by atoms with E-state index in [0.29, 0.717) is 0 Å². The predicted octanol–water partition coefficient (Wildman–Crippen LogP) is 2.00. The van der Waals surface area contributed by atoms with Gasteiger partial charge in [-0.3, -0.25) is 0 Å². The largest absolute Gasteiger partial charge is 0.442 e. The number of rotatable bonds is 5. The molecule has 0 bridgehead atoms. The number of benzene rings is 1. The van der Waals surface area contributed by atoms with Gasteiger partial charge in [0.25, 0.3) is 0 Å². The first-order chi connectivity index (χ1) is 9.10. The number of hydrogen-bond donors (Lipinski definition) is 2. The first-order valence-corrected chi connectivity index (χ1v) is 6.32. The lowest BCUT2D eigenvalue weighted by Gasteiger charge is -2.16. The number of hydrogen-bond acceptors (Lipinski definition) is 3. The van der Waals surface area contributed by atoms with Crippen LogP contribution in [0.25, 0.3) is 0 Å². The highest BCUT2D eigenvalue weighted by Gasteiger charge is 2.13. The van der Waals surface area contributed by atoms with Crippen molar-refractivity contribution in [1.29, 1.82) is 0 Å². The summed E-state index contributed by atoms with van der Waals surface area (Å²) in [4.78, 5) is 11.6. The zero-order chi connectivity index (χ0) is 14.3. The average Bonchev–Trinajstić information content (AvgIpc) is 2.44. The molecule has 0 saturated carbocycles. The lowest BCUT2D eigenvalue weighted by atomic mass is 10.1. The normalized spacial score (nSPS) is 13.2. The van der Waals surface area contributed by atoms with Gasteiger partial charge in [-0.15, -0.1) is 6.42 Å². The van der Waals surface area contributed by atoms with E-state index in [1.165, 1.54) is 5.56 Å². The molecule has 0 unspecified atom stereocenters. The molecule has 2 atom stereocenters. The summed E-state index contributed by atoms with van der Waals surface area (Å²) in [7, 11) is 0. The Morgan fingerprint density at radius 2 is 2.11 bits per heavy atom. The molecule has 0 heterocycles. The molecule has 0 spiro atoms. The molecule has 0 radical (unpaired) electrons. The van der Waals surface area contributed by atoms with E-state index in [-0.39, 0.29) is 12.6 Å². The van der Waals surface area contributed by atoms with E-state index in [1.54, 1.807) is 0 Å². The molecule has 0 saturated heterocycles. The highest BCUT2D eigenvalue weighted by Crippen LogP contribution is 2.17. The van der Waals surface area contributed by atoms with E-state index in [4.69, 9.17) is 16.9 Å². The maximum atomic E-state index is 11.6. The van der Waals surface area contributed by atoms with Gasteiger partial charge in [-0.1, -0.05) is 37.1 Å². The van der Waals surface area contributed by atoms with Crippen LogP contribution in [0.3, 0.4) is 0 Å². The lowest BCUT2D eigenvalue weighted by Crippen LogP contribution is -2.39. The highest BCUT2D eigenvalue weighted by molar-refractivity contribution is 5.68. The number of alkyl carbamates (subject to hydrolysis) is 1. The number of amides is 1. The van der Waals surface area contributed by atoms with Crippen LogP contribution in [0, 0.1) is 12.3 Å². The summed E-state index contributed by atoms with van der Waals surface area (Å²) in [5, 5.41) is 2.52. The van der Waals surface area contributed by atoms with Crippen molar-refractivity contribution in [3.8, 4) is 12.3 Å². The van der Waals surface area contributed by atoms with Crippen LogP contribution < -0.4 is 11.1 Å². The maximum absolute atomic E-state index is 11.6. The van der Waals surface area contributed by atoms with Crippen LogP contribution in [-0.2, 0) is 11.2 Å². The zero-order valence-corrected chi connectivity index (χ0v) is 11.3. The van der Waals surface area contributed by atoms with Crippen LogP contribution in [0.5, 0.6) is 0 Å². The average molecular weight is 260 g/mol.